The Labute approximate surface area is 90.2 Å². The van der Waals surface area contributed by atoms with Crippen LogP contribution in [-0.2, 0) is 0 Å². The van der Waals surface area contributed by atoms with Gasteiger partial charge in [-0.25, -0.2) is 0 Å². The quantitative estimate of drug-likeness (QED) is 0.843. The number of nitrogens with two attached hydrogens (primary N) is 1. The van der Waals surface area contributed by atoms with Gasteiger partial charge in [-0.2, -0.15) is 5.10 Å². The molecule has 2 N–H and O–H groups in total. The Morgan fingerprint density at radius 3 is 2.36 bits per heavy atom. The van der Waals surface area contributed by atoms with Gasteiger partial charge in [-0.1, -0.05) is 18.5 Å². The first-order valence-electron chi connectivity index (χ1n) is 4.93. The van der Waals surface area contributed by atoms with E-state index in [0.29, 0.717) is 11.1 Å². The molecule has 0 aliphatic rings. The highest BCUT2D eigenvalue weighted by molar-refractivity contribution is 6.31. The molecule has 0 spiro atoms. The van der Waals surface area contributed by atoms with Crippen molar-refractivity contribution in [1.82, 2.24) is 9.78 Å². The van der Waals surface area contributed by atoms with Crippen LogP contribution in [0.25, 0.3) is 0 Å². The summed E-state index contributed by atoms with van der Waals surface area (Å²) in [5.41, 5.74) is 6.90. The largest absolute Gasteiger partial charge is 0.327 e. The topological polar surface area (TPSA) is 43.8 Å². The third-order valence-corrected chi connectivity index (χ3v) is 2.79. The molecular formula is C10H18ClN3. The SMILES string of the molecule is CC(N)C(C)c1c(Cl)cnn1C(C)C. The fourth-order valence-corrected chi connectivity index (χ4v) is 1.74. The molecule has 1 aromatic rings. The second kappa shape index (κ2) is 4.32. The van der Waals surface area contributed by atoms with Gasteiger partial charge in [-0.15, -0.1) is 0 Å². The molecule has 0 aliphatic heterocycles. The van der Waals surface area contributed by atoms with Gasteiger partial charge in [0.1, 0.15) is 0 Å². The first-order chi connectivity index (χ1) is 6.45. The van der Waals surface area contributed by atoms with Gasteiger partial charge >= 0.3 is 0 Å². The van der Waals surface area contributed by atoms with Gasteiger partial charge < -0.3 is 5.73 Å². The Morgan fingerprint density at radius 2 is 1.93 bits per heavy atom. The van der Waals surface area contributed by atoms with Crippen molar-refractivity contribution in [2.75, 3.05) is 0 Å². The number of rotatable bonds is 3. The van der Waals surface area contributed by atoms with E-state index in [-0.39, 0.29) is 12.0 Å². The molecule has 3 nitrogen and oxygen atoms in total. The monoisotopic (exact) mass is 215 g/mol. The second-order valence-corrected chi connectivity index (χ2v) is 4.47. The Kier molecular flexibility index (Phi) is 3.56. The van der Waals surface area contributed by atoms with Crippen molar-refractivity contribution in [1.29, 1.82) is 0 Å². The van der Waals surface area contributed by atoms with E-state index in [4.69, 9.17) is 17.3 Å². The van der Waals surface area contributed by atoms with Gasteiger partial charge in [0.25, 0.3) is 0 Å². The molecule has 1 rings (SSSR count). The summed E-state index contributed by atoms with van der Waals surface area (Å²) in [7, 11) is 0. The minimum Gasteiger partial charge on any atom is -0.327 e. The molecule has 0 aliphatic carbocycles. The zero-order valence-corrected chi connectivity index (χ0v) is 9.92. The van der Waals surface area contributed by atoms with Gasteiger partial charge in [0.2, 0.25) is 0 Å². The Bertz CT molecular complexity index is 304. The smallest absolute Gasteiger partial charge is 0.0821 e. The summed E-state index contributed by atoms with van der Waals surface area (Å²) >= 11 is 6.09. The number of aromatic nitrogens is 2. The van der Waals surface area contributed by atoms with E-state index in [2.05, 4.69) is 25.9 Å². The van der Waals surface area contributed by atoms with Crippen LogP contribution in [0.15, 0.2) is 6.20 Å². The normalized spacial score (nSPS) is 15.9. The van der Waals surface area contributed by atoms with E-state index in [0.717, 1.165) is 5.69 Å². The molecule has 2 unspecified atom stereocenters. The summed E-state index contributed by atoms with van der Waals surface area (Å²) in [5.74, 6) is 0.229. The average molecular weight is 216 g/mol. The molecule has 0 amide bonds. The van der Waals surface area contributed by atoms with Crippen LogP contribution in [-0.4, -0.2) is 15.8 Å². The van der Waals surface area contributed by atoms with Crippen LogP contribution in [0.4, 0.5) is 0 Å². The van der Waals surface area contributed by atoms with Crippen LogP contribution in [0.3, 0.4) is 0 Å². The molecule has 0 aromatic carbocycles. The number of halogens is 1. The summed E-state index contributed by atoms with van der Waals surface area (Å²) in [6, 6.07) is 0.403. The molecule has 80 valence electrons. The molecule has 14 heavy (non-hydrogen) atoms. The third kappa shape index (κ3) is 2.10. The molecule has 0 saturated carbocycles. The lowest BCUT2D eigenvalue weighted by molar-refractivity contribution is 0.471. The lowest BCUT2D eigenvalue weighted by Crippen LogP contribution is -2.25. The number of nitrogens with zero attached hydrogens (tertiary/aromatic N) is 2. The van der Waals surface area contributed by atoms with Crippen molar-refractivity contribution in [2.24, 2.45) is 5.73 Å². The first kappa shape index (κ1) is 11.5. The van der Waals surface area contributed by atoms with Crippen LogP contribution in [0.1, 0.15) is 45.3 Å². The molecule has 0 fully saturated rings. The van der Waals surface area contributed by atoms with E-state index >= 15 is 0 Å². The molecule has 4 heteroatoms. The first-order valence-corrected chi connectivity index (χ1v) is 5.31. The number of hydrogen-bond acceptors (Lipinski definition) is 2. The summed E-state index contributed by atoms with van der Waals surface area (Å²) in [5, 5.41) is 4.96. The van der Waals surface area contributed by atoms with Crippen molar-refractivity contribution in [3.05, 3.63) is 16.9 Å². The summed E-state index contributed by atoms with van der Waals surface area (Å²) in [4.78, 5) is 0. The highest BCUT2D eigenvalue weighted by Crippen LogP contribution is 2.28. The van der Waals surface area contributed by atoms with E-state index in [1.54, 1.807) is 6.20 Å². The Hall–Kier alpha value is -0.540. The van der Waals surface area contributed by atoms with Crippen molar-refractivity contribution in [3.63, 3.8) is 0 Å². The van der Waals surface area contributed by atoms with Gasteiger partial charge in [0.05, 0.1) is 16.9 Å². The fraction of sp³-hybridized carbons (Fsp3) is 0.700. The third-order valence-electron chi connectivity index (χ3n) is 2.50. The van der Waals surface area contributed by atoms with Crippen LogP contribution < -0.4 is 5.73 Å². The maximum atomic E-state index is 6.09. The summed E-state index contributed by atoms with van der Waals surface area (Å²) < 4.78 is 1.94. The molecule has 1 heterocycles. The predicted molar refractivity (Wildman–Crippen MR) is 59.7 cm³/mol. The number of hydrogen-bond donors (Lipinski definition) is 1. The van der Waals surface area contributed by atoms with E-state index in [1.807, 2.05) is 11.6 Å². The maximum absolute atomic E-state index is 6.09. The standard InChI is InChI=1S/C10H18ClN3/c1-6(2)14-10(7(3)8(4)12)9(11)5-13-14/h5-8H,12H2,1-4H3. The van der Waals surface area contributed by atoms with Gasteiger partial charge in [-0.05, 0) is 20.8 Å². The van der Waals surface area contributed by atoms with Crippen LogP contribution in [0, 0.1) is 0 Å². The van der Waals surface area contributed by atoms with Crippen molar-refractivity contribution < 1.29 is 0 Å². The lowest BCUT2D eigenvalue weighted by Gasteiger charge is -2.20. The zero-order chi connectivity index (χ0) is 10.9. The van der Waals surface area contributed by atoms with Crippen LogP contribution >= 0.6 is 11.6 Å². The molecule has 0 radical (unpaired) electrons. The Balaban J connectivity index is 3.10. The van der Waals surface area contributed by atoms with Gasteiger partial charge in [-0.3, -0.25) is 4.68 Å². The van der Waals surface area contributed by atoms with E-state index < -0.39 is 0 Å². The summed E-state index contributed by atoms with van der Waals surface area (Å²) in [6.07, 6.45) is 1.69. The minimum absolute atomic E-state index is 0.0849. The van der Waals surface area contributed by atoms with Crippen LogP contribution in [0.5, 0.6) is 0 Å². The lowest BCUT2D eigenvalue weighted by atomic mass is 10.0. The van der Waals surface area contributed by atoms with Crippen LogP contribution in [0.2, 0.25) is 5.02 Å². The molecule has 1 aromatic heterocycles. The maximum Gasteiger partial charge on any atom is 0.0821 e. The fourth-order valence-electron chi connectivity index (χ4n) is 1.44. The second-order valence-electron chi connectivity index (χ2n) is 4.06. The molecule has 0 bridgehead atoms. The van der Waals surface area contributed by atoms with Crippen molar-refractivity contribution in [3.8, 4) is 0 Å². The highest BCUT2D eigenvalue weighted by atomic mass is 35.5. The Morgan fingerprint density at radius 1 is 1.36 bits per heavy atom. The highest BCUT2D eigenvalue weighted by Gasteiger charge is 2.20. The van der Waals surface area contributed by atoms with E-state index in [9.17, 15) is 0 Å². The van der Waals surface area contributed by atoms with E-state index in [1.165, 1.54) is 0 Å². The van der Waals surface area contributed by atoms with Crippen molar-refractivity contribution in [2.45, 2.75) is 45.7 Å². The average Bonchev–Trinajstić information content (AvgIpc) is 2.45. The van der Waals surface area contributed by atoms with Gasteiger partial charge in [0.15, 0.2) is 0 Å². The minimum atomic E-state index is 0.0849. The van der Waals surface area contributed by atoms with Gasteiger partial charge in [0, 0.05) is 18.0 Å². The zero-order valence-electron chi connectivity index (χ0n) is 9.16. The molecule has 0 saturated heterocycles. The predicted octanol–water partition coefficient (Wildman–Crippen LogP) is 2.57. The van der Waals surface area contributed by atoms with Crippen molar-refractivity contribution >= 4 is 11.6 Å². The molecular weight excluding hydrogens is 198 g/mol. The molecule has 2 atom stereocenters. The summed E-state index contributed by atoms with van der Waals surface area (Å²) in [6.45, 7) is 8.23.